The van der Waals surface area contributed by atoms with Crippen LogP contribution in [0.5, 0.6) is 17.2 Å². The van der Waals surface area contributed by atoms with E-state index in [-0.39, 0.29) is 47.4 Å². The van der Waals surface area contributed by atoms with E-state index in [2.05, 4.69) is 5.32 Å². The summed E-state index contributed by atoms with van der Waals surface area (Å²) in [5, 5.41) is 56.6. The Labute approximate surface area is 235 Å². The van der Waals surface area contributed by atoms with Crippen molar-refractivity contribution in [3.8, 4) is 23.3 Å². The monoisotopic (exact) mass is 566 g/mol. The van der Waals surface area contributed by atoms with Crippen LogP contribution in [0.4, 0.5) is 0 Å². The van der Waals surface area contributed by atoms with Crippen LogP contribution in [-0.4, -0.2) is 81.6 Å². The van der Waals surface area contributed by atoms with Gasteiger partial charge in [-0.05, 0) is 19.9 Å². The maximum Gasteiger partial charge on any atom is 0.202 e. The molecule has 1 aliphatic heterocycles. The number of aromatic hydroxyl groups is 2. The van der Waals surface area contributed by atoms with Crippen LogP contribution in [0.3, 0.4) is 0 Å². The number of hydrogen-bond acceptors (Lipinski definition) is 12. The molecule has 12 heteroatoms. The summed E-state index contributed by atoms with van der Waals surface area (Å²) in [7, 11) is 1.33. The van der Waals surface area contributed by atoms with Crippen LogP contribution in [0.1, 0.15) is 75.8 Å². The fourth-order valence-corrected chi connectivity index (χ4v) is 6.00. The smallest absolute Gasteiger partial charge is 0.202 e. The maximum atomic E-state index is 13.7. The topological polar surface area (TPSA) is 196 Å². The predicted octanol–water partition coefficient (Wildman–Crippen LogP) is 1.18. The summed E-state index contributed by atoms with van der Waals surface area (Å²) in [6.07, 6.45) is -4.72. The van der Waals surface area contributed by atoms with Crippen molar-refractivity contribution in [3.63, 3.8) is 0 Å². The highest BCUT2D eigenvalue weighted by Crippen LogP contribution is 2.52. The molecule has 0 radical (unpaired) electrons. The molecule has 0 unspecified atom stereocenters. The molecule has 1 saturated heterocycles. The summed E-state index contributed by atoms with van der Waals surface area (Å²) in [5.41, 5.74) is -3.17. The number of ether oxygens (including phenoxy) is 3. The molecule has 2 aliphatic carbocycles. The Hall–Kier alpha value is -3.86. The molecule has 2 aromatic carbocycles. The van der Waals surface area contributed by atoms with Gasteiger partial charge in [-0.15, -0.1) is 0 Å². The first kappa shape index (κ1) is 28.7. The molecule has 5 N–H and O–H groups in total. The van der Waals surface area contributed by atoms with Gasteiger partial charge in [0.1, 0.15) is 22.8 Å². The molecule has 0 spiro atoms. The van der Waals surface area contributed by atoms with Gasteiger partial charge < -0.3 is 34.6 Å². The number of carbonyl (C=O) groups excluding carboxylic acids is 3. The van der Waals surface area contributed by atoms with Crippen LogP contribution in [0.2, 0.25) is 0 Å². The van der Waals surface area contributed by atoms with Crippen molar-refractivity contribution < 1.29 is 49.0 Å². The van der Waals surface area contributed by atoms with Gasteiger partial charge in [0, 0.05) is 42.0 Å². The SMILES string of the molecule is COc1cccc2c1C(=O)c1c(O)c3c(c(O)c1C2=O)C[C@@](O)(C(C)=O)C[C@@H]3O[C@H]1C[C@H](NCC#N)[C@H](O)[C@H](C)O1. The zero-order valence-electron chi connectivity index (χ0n) is 22.6. The minimum Gasteiger partial charge on any atom is -0.507 e. The lowest BCUT2D eigenvalue weighted by Gasteiger charge is -2.42. The number of nitriles is 1. The molecule has 0 bridgehead atoms. The Bertz CT molecular complexity index is 1500. The van der Waals surface area contributed by atoms with E-state index in [0.29, 0.717) is 0 Å². The number of aliphatic hydroxyl groups is 2. The number of aliphatic hydroxyl groups excluding tert-OH is 1. The molecular formula is C29H30N2O10. The van der Waals surface area contributed by atoms with Gasteiger partial charge >= 0.3 is 0 Å². The Morgan fingerprint density at radius 1 is 1.20 bits per heavy atom. The van der Waals surface area contributed by atoms with Crippen molar-refractivity contribution in [1.82, 2.24) is 5.32 Å². The lowest BCUT2D eigenvalue weighted by molar-refractivity contribution is -0.249. The van der Waals surface area contributed by atoms with Crippen LogP contribution in [0, 0.1) is 11.3 Å². The Morgan fingerprint density at radius 2 is 1.90 bits per heavy atom. The molecule has 1 heterocycles. The van der Waals surface area contributed by atoms with Crippen LogP contribution in [-0.2, 0) is 20.7 Å². The number of carbonyl (C=O) groups is 3. The number of methoxy groups -OCH3 is 1. The van der Waals surface area contributed by atoms with Gasteiger partial charge in [0.25, 0.3) is 0 Å². The highest BCUT2D eigenvalue weighted by Gasteiger charge is 2.49. The normalized spacial score (nSPS) is 28.7. The second-order valence-electron chi connectivity index (χ2n) is 10.6. The van der Waals surface area contributed by atoms with E-state index in [1.54, 1.807) is 6.92 Å². The summed E-state index contributed by atoms with van der Waals surface area (Å²) in [4.78, 5) is 39.8. The molecule has 41 heavy (non-hydrogen) atoms. The summed E-state index contributed by atoms with van der Waals surface area (Å²) >= 11 is 0. The highest BCUT2D eigenvalue weighted by molar-refractivity contribution is 6.31. The zero-order valence-corrected chi connectivity index (χ0v) is 22.6. The van der Waals surface area contributed by atoms with Crippen molar-refractivity contribution in [2.75, 3.05) is 13.7 Å². The van der Waals surface area contributed by atoms with Crippen molar-refractivity contribution in [2.45, 2.75) is 69.4 Å². The number of fused-ring (bicyclic) bond motifs is 3. The predicted molar refractivity (Wildman–Crippen MR) is 140 cm³/mol. The van der Waals surface area contributed by atoms with Gasteiger partial charge in [-0.25, -0.2) is 0 Å². The third-order valence-electron chi connectivity index (χ3n) is 8.20. The van der Waals surface area contributed by atoms with Crippen molar-refractivity contribution in [2.24, 2.45) is 0 Å². The third kappa shape index (κ3) is 4.56. The van der Waals surface area contributed by atoms with Crippen LogP contribution < -0.4 is 10.1 Å². The van der Waals surface area contributed by atoms with E-state index < -0.39 is 82.6 Å². The fourth-order valence-electron chi connectivity index (χ4n) is 6.00. The van der Waals surface area contributed by atoms with Gasteiger partial charge in [0.15, 0.2) is 17.9 Å². The minimum absolute atomic E-state index is 0.0269. The minimum atomic E-state index is -2.03. The Balaban J connectivity index is 1.63. The van der Waals surface area contributed by atoms with E-state index in [4.69, 9.17) is 19.5 Å². The lowest BCUT2D eigenvalue weighted by Crippen LogP contribution is -2.54. The van der Waals surface area contributed by atoms with Crippen LogP contribution >= 0.6 is 0 Å². The number of nitrogens with one attached hydrogen (secondary N) is 1. The molecule has 0 aromatic heterocycles. The molecule has 0 amide bonds. The molecule has 0 saturated carbocycles. The quantitative estimate of drug-likeness (QED) is 0.211. The summed E-state index contributed by atoms with van der Waals surface area (Å²) in [5.74, 6) is -3.27. The first-order chi connectivity index (χ1) is 19.4. The largest absolute Gasteiger partial charge is 0.507 e. The van der Waals surface area contributed by atoms with Crippen LogP contribution in [0.25, 0.3) is 0 Å². The third-order valence-corrected chi connectivity index (χ3v) is 8.20. The number of benzene rings is 2. The Morgan fingerprint density at radius 3 is 2.56 bits per heavy atom. The number of nitrogens with zero attached hydrogens (tertiary/aromatic N) is 1. The van der Waals surface area contributed by atoms with Gasteiger partial charge in [0.2, 0.25) is 5.78 Å². The zero-order chi connectivity index (χ0) is 29.8. The summed E-state index contributed by atoms with van der Waals surface area (Å²) in [6, 6.07) is 5.77. The fraction of sp³-hybridized carbons (Fsp3) is 0.448. The summed E-state index contributed by atoms with van der Waals surface area (Å²) in [6.45, 7) is 2.74. The molecule has 1 fully saturated rings. The standard InChI is InChI=1S/C29H30N2O10/c1-12-24(33)16(31-8-7-30)9-19(40-12)41-18-11-29(38,13(2)32)10-15-21(18)28(37)23-22(26(15)35)25(34)14-5-4-6-17(39-3)20(14)27(23)36/h4-6,12,16,18-19,24,31,33,35,37-38H,8-11H2,1-3H3/t12-,16-,18-,19-,24+,29-/m0/s1. The molecule has 12 nitrogen and oxygen atoms in total. The second-order valence-corrected chi connectivity index (χ2v) is 10.6. The molecular weight excluding hydrogens is 536 g/mol. The summed E-state index contributed by atoms with van der Waals surface area (Å²) < 4.78 is 17.3. The molecule has 2 aromatic rings. The van der Waals surface area contributed by atoms with Crippen molar-refractivity contribution >= 4 is 17.3 Å². The number of phenols is 2. The number of ketones is 3. The van der Waals surface area contributed by atoms with E-state index >= 15 is 0 Å². The van der Waals surface area contributed by atoms with Gasteiger partial charge in [-0.1, -0.05) is 12.1 Å². The molecule has 6 atom stereocenters. The van der Waals surface area contributed by atoms with E-state index in [1.165, 1.54) is 32.2 Å². The van der Waals surface area contributed by atoms with Crippen molar-refractivity contribution in [3.05, 3.63) is 51.6 Å². The lowest BCUT2D eigenvalue weighted by atomic mass is 9.72. The number of rotatable bonds is 6. The molecule has 216 valence electrons. The molecule has 5 rings (SSSR count). The van der Waals surface area contributed by atoms with E-state index in [1.807, 2.05) is 6.07 Å². The average Bonchev–Trinajstić information content (AvgIpc) is 2.93. The van der Waals surface area contributed by atoms with Gasteiger partial charge in [-0.3, -0.25) is 19.7 Å². The van der Waals surface area contributed by atoms with Crippen LogP contribution in [0.15, 0.2) is 18.2 Å². The highest BCUT2D eigenvalue weighted by atomic mass is 16.7. The average molecular weight is 567 g/mol. The van der Waals surface area contributed by atoms with Gasteiger partial charge in [0.05, 0.1) is 54.7 Å². The number of phenolic OH excluding ortho intramolecular Hbond substituents is 2. The van der Waals surface area contributed by atoms with Gasteiger partial charge in [-0.2, -0.15) is 5.26 Å². The second kappa shape index (κ2) is 10.5. The maximum absolute atomic E-state index is 13.7. The number of Topliss-reactive ketones (excluding diaryl/α,β-unsaturated/α-hetero) is 1. The van der Waals surface area contributed by atoms with E-state index in [0.717, 1.165) is 0 Å². The van der Waals surface area contributed by atoms with Crippen molar-refractivity contribution in [1.29, 1.82) is 5.26 Å². The number of hydrogen-bond donors (Lipinski definition) is 5. The molecule has 3 aliphatic rings. The van der Waals surface area contributed by atoms with E-state index in [9.17, 15) is 34.8 Å². The first-order valence-corrected chi connectivity index (χ1v) is 13.1. The first-order valence-electron chi connectivity index (χ1n) is 13.1. The Kier molecular flexibility index (Phi) is 7.35.